The second-order valence-electron chi connectivity index (χ2n) is 5.77. The first-order valence-electron chi connectivity index (χ1n) is 7.58. The van der Waals surface area contributed by atoms with Gasteiger partial charge in [0.25, 0.3) is 0 Å². The molecule has 1 aromatic rings. The van der Waals surface area contributed by atoms with E-state index in [1.165, 1.54) is 15.3 Å². The van der Waals surface area contributed by atoms with Gasteiger partial charge in [-0.3, -0.25) is 9.59 Å². The van der Waals surface area contributed by atoms with Gasteiger partial charge in [0, 0.05) is 22.7 Å². The monoisotopic (exact) mass is 308 g/mol. The van der Waals surface area contributed by atoms with Crippen molar-refractivity contribution in [2.24, 2.45) is 0 Å². The number of hydrogen-bond acceptors (Lipinski definition) is 3. The highest BCUT2D eigenvalue weighted by atomic mass is 32.1. The lowest BCUT2D eigenvalue weighted by molar-refractivity contribution is -0.139. The highest BCUT2D eigenvalue weighted by Crippen LogP contribution is 2.26. The van der Waals surface area contributed by atoms with Gasteiger partial charge in [0.2, 0.25) is 11.8 Å². The molecule has 2 heterocycles. The summed E-state index contributed by atoms with van der Waals surface area (Å²) in [7, 11) is 0. The fourth-order valence-corrected chi connectivity index (χ4v) is 3.89. The van der Waals surface area contributed by atoms with Crippen LogP contribution in [0.5, 0.6) is 0 Å². The molecule has 21 heavy (non-hydrogen) atoms. The number of carbonyl (C=O) groups excluding carboxylic acids is 2. The molecule has 1 aromatic heterocycles. The first kappa shape index (κ1) is 16.0. The van der Waals surface area contributed by atoms with Crippen molar-refractivity contribution in [3.63, 3.8) is 0 Å². The zero-order chi connectivity index (χ0) is 15.6. The molecule has 1 aliphatic rings. The number of thiophene rings is 1. The molecule has 2 rings (SSSR count). The molecule has 0 atom stereocenters. The van der Waals surface area contributed by atoms with Crippen LogP contribution in [-0.2, 0) is 16.1 Å². The van der Waals surface area contributed by atoms with Crippen molar-refractivity contribution in [3.05, 3.63) is 21.4 Å². The number of nitrogens with zero attached hydrogens (tertiary/aromatic N) is 1. The van der Waals surface area contributed by atoms with Crippen molar-refractivity contribution in [2.45, 2.75) is 59.0 Å². The molecule has 5 heteroatoms. The van der Waals surface area contributed by atoms with Crippen LogP contribution in [0, 0.1) is 13.8 Å². The van der Waals surface area contributed by atoms with Crippen molar-refractivity contribution < 1.29 is 9.59 Å². The molecular weight excluding hydrogens is 284 g/mol. The van der Waals surface area contributed by atoms with Gasteiger partial charge >= 0.3 is 0 Å². The minimum Gasteiger partial charge on any atom is -0.342 e. The molecule has 1 fully saturated rings. The molecule has 0 saturated carbocycles. The Balaban J connectivity index is 2.25. The first-order valence-corrected chi connectivity index (χ1v) is 8.39. The molecule has 0 bridgehead atoms. The van der Waals surface area contributed by atoms with Crippen LogP contribution < -0.4 is 5.32 Å². The Hall–Kier alpha value is -1.36. The quantitative estimate of drug-likeness (QED) is 0.930. The van der Waals surface area contributed by atoms with E-state index in [0.717, 1.165) is 0 Å². The lowest BCUT2D eigenvalue weighted by Gasteiger charge is -2.33. The highest BCUT2D eigenvalue weighted by molar-refractivity contribution is 7.12. The standard InChI is InChI=1S/C16H24N2O2S/c1-5-16(6-2)15(20)18(8-7-14(19)17-16)10-13-9-11(3)12(4)21-13/h9H,5-8,10H2,1-4H3,(H,17,19). The van der Waals surface area contributed by atoms with E-state index in [1.54, 1.807) is 11.3 Å². The molecule has 1 saturated heterocycles. The van der Waals surface area contributed by atoms with Gasteiger partial charge in [0.15, 0.2) is 0 Å². The van der Waals surface area contributed by atoms with Crippen LogP contribution in [0.3, 0.4) is 0 Å². The molecule has 116 valence electrons. The Bertz CT molecular complexity index is 527. The average Bonchev–Trinajstić information content (AvgIpc) is 2.72. The summed E-state index contributed by atoms with van der Waals surface area (Å²) >= 11 is 1.73. The van der Waals surface area contributed by atoms with Crippen LogP contribution in [0.15, 0.2) is 6.07 Å². The van der Waals surface area contributed by atoms with Crippen LogP contribution in [0.4, 0.5) is 0 Å². The van der Waals surface area contributed by atoms with E-state index in [2.05, 4.69) is 25.2 Å². The summed E-state index contributed by atoms with van der Waals surface area (Å²) in [6.45, 7) is 9.22. The lowest BCUT2D eigenvalue weighted by atomic mass is 9.91. The topological polar surface area (TPSA) is 49.4 Å². The van der Waals surface area contributed by atoms with Crippen molar-refractivity contribution in [2.75, 3.05) is 6.54 Å². The molecule has 0 unspecified atom stereocenters. The van der Waals surface area contributed by atoms with Crippen LogP contribution in [0.1, 0.15) is 48.4 Å². The summed E-state index contributed by atoms with van der Waals surface area (Å²) in [5.74, 6) is 0.0372. The minimum atomic E-state index is -0.727. The second-order valence-corrected chi connectivity index (χ2v) is 7.11. The third kappa shape index (κ3) is 3.12. The predicted octanol–water partition coefficient (Wildman–Crippen LogP) is 2.77. The number of nitrogens with one attached hydrogen (secondary N) is 1. The highest BCUT2D eigenvalue weighted by Gasteiger charge is 2.41. The zero-order valence-corrected chi connectivity index (χ0v) is 14.1. The third-order valence-electron chi connectivity index (χ3n) is 4.45. The summed E-state index contributed by atoms with van der Waals surface area (Å²) in [4.78, 5) is 29.1. The molecule has 2 amide bonds. The van der Waals surface area contributed by atoms with E-state index in [-0.39, 0.29) is 11.8 Å². The predicted molar refractivity (Wildman–Crippen MR) is 85.3 cm³/mol. The molecular formula is C16H24N2O2S. The maximum atomic E-state index is 12.9. The van der Waals surface area contributed by atoms with Gasteiger partial charge in [-0.1, -0.05) is 13.8 Å². The van der Waals surface area contributed by atoms with E-state index in [1.807, 2.05) is 18.7 Å². The van der Waals surface area contributed by atoms with E-state index >= 15 is 0 Å². The number of aryl methyl sites for hydroxylation is 2. The first-order chi connectivity index (χ1) is 9.91. The average molecular weight is 308 g/mol. The molecule has 4 nitrogen and oxygen atoms in total. The van der Waals surface area contributed by atoms with Crippen LogP contribution in [0.2, 0.25) is 0 Å². The molecule has 1 aliphatic heterocycles. The summed E-state index contributed by atoms with van der Waals surface area (Å²) in [6.07, 6.45) is 1.65. The van der Waals surface area contributed by atoms with Crippen LogP contribution >= 0.6 is 11.3 Å². The Morgan fingerprint density at radius 1 is 1.29 bits per heavy atom. The van der Waals surface area contributed by atoms with Crippen LogP contribution in [-0.4, -0.2) is 28.8 Å². The van der Waals surface area contributed by atoms with Gasteiger partial charge in [0.05, 0.1) is 6.54 Å². The molecule has 1 N–H and O–H groups in total. The van der Waals surface area contributed by atoms with E-state index < -0.39 is 5.54 Å². The van der Waals surface area contributed by atoms with Crippen molar-refractivity contribution >= 4 is 23.2 Å². The summed E-state index contributed by atoms with van der Waals surface area (Å²) in [5.41, 5.74) is 0.540. The second kappa shape index (κ2) is 6.18. The number of carbonyl (C=O) groups is 2. The Labute approximate surface area is 130 Å². The number of amides is 2. The van der Waals surface area contributed by atoms with E-state index in [4.69, 9.17) is 0 Å². The van der Waals surface area contributed by atoms with Gasteiger partial charge in [-0.15, -0.1) is 11.3 Å². The fourth-order valence-electron chi connectivity index (χ4n) is 2.82. The normalized spacial score (nSPS) is 18.6. The molecule has 0 radical (unpaired) electrons. The Morgan fingerprint density at radius 3 is 2.48 bits per heavy atom. The van der Waals surface area contributed by atoms with Crippen LogP contribution in [0.25, 0.3) is 0 Å². The SMILES string of the molecule is CCC1(CC)NC(=O)CCN(Cc2cc(C)c(C)s2)C1=O. The lowest BCUT2D eigenvalue weighted by Crippen LogP contribution is -2.56. The Morgan fingerprint density at radius 2 is 1.95 bits per heavy atom. The molecule has 0 spiro atoms. The summed E-state index contributed by atoms with van der Waals surface area (Å²) in [5, 5.41) is 2.95. The van der Waals surface area contributed by atoms with Gasteiger partial charge in [0.1, 0.15) is 5.54 Å². The van der Waals surface area contributed by atoms with Gasteiger partial charge in [-0.05, 0) is 38.3 Å². The minimum absolute atomic E-state index is 0.0203. The van der Waals surface area contributed by atoms with Gasteiger partial charge in [-0.2, -0.15) is 0 Å². The van der Waals surface area contributed by atoms with Crippen molar-refractivity contribution in [1.29, 1.82) is 0 Å². The maximum absolute atomic E-state index is 12.9. The Kier molecular flexibility index (Phi) is 4.71. The van der Waals surface area contributed by atoms with Crippen molar-refractivity contribution in [3.8, 4) is 0 Å². The summed E-state index contributed by atoms with van der Waals surface area (Å²) < 4.78 is 0. The van der Waals surface area contributed by atoms with E-state index in [9.17, 15) is 9.59 Å². The van der Waals surface area contributed by atoms with Gasteiger partial charge in [-0.25, -0.2) is 0 Å². The van der Waals surface area contributed by atoms with Crippen molar-refractivity contribution in [1.82, 2.24) is 10.2 Å². The smallest absolute Gasteiger partial charge is 0.248 e. The maximum Gasteiger partial charge on any atom is 0.248 e. The fraction of sp³-hybridized carbons (Fsp3) is 0.625. The molecule has 0 aromatic carbocycles. The summed E-state index contributed by atoms with van der Waals surface area (Å²) in [6, 6.07) is 2.15. The van der Waals surface area contributed by atoms with Gasteiger partial charge < -0.3 is 10.2 Å². The third-order valence-corrected chi connectivity index (χ3v) is 5.59. The molecule has 0 aliphatic carbocycles. The zero-order valence-electron chi connectivity index (χ0n) is 13.3. The largest absolute Gasteiger partial charge is 0.342 e. The number of rotatable bonds is 4. The number of hydrogen-bond donors (Lipinski definition) is 1. The van der Waals surface area contributed by atoms with E-state index in [0.29, 0.717) is 32.4 Å².